The van der Waals surface area contributed by atoms with Crippen LogP contribution in [-0.4, -0.2) is 27.7 Å². The van der Waals surface area contributed by atoms with Crippen LogP contribution in [-0.2, 0) is 0 Å². The summed E-state index contributed by atoms with van der Waals surface area (Å²) in [5.41, 5.74) is 0.768. The maximum Gasteiger partial charge on any atom is 0.174 e. The first-order valence-electron chi connectivity index (χ1n) is 4.80. The van der Waals surface area contributed by atoms with Gasteiger partial charge in [0.25, 0.3) is 0 Å². The van der Waals surface area contributed by atoms with E-state index in [1.165, 1.54) is 18.6 Å². The second-order valence-corrected chi connectivity index (χ2v) is 5.54. The molecular weight excluding hydrogens is 253 g/mol. The van der Waals surface area contributed by atoms with Gasteiger partial charge in [0.1, 0.15) is 0 Å². The molecule has 0 radical (unpaired) electrons. The first kappa shape index (κ1) is 11.3. The van der Waals surface area contributed by atoms with Gasteiger partial charge < -0.3 is 5.32 Å². The van der Waals surface area contributed by atoms with E-state index in [0.29, 0.717) is 15.6 Å². The third-order valence-electron chi connectivity index (χ3n) is 2.26. The quantitative estimate of drug-likeness (QED) is 0.910. The molecule has 2 rings (SSSR count). The van der Waals surface area contributed by atoms with Crippen LogP contribution in [0.1, 0.15) is 12.8 Å². The summed E-state index contributed by atoms with van der Waals surface area (Å²) in [5, 5.41) is 12.1. The van der Waals surface area contributed by atoms with E-state index in [2.05, 4.69) is 15.5 Å². The van der Waals surface area contributed by atoms with E-state index in [1.54, 1.807) is 6.07 Å². The largest absolute Gasteiger partial charge is 0.381 e. The van der Waals surface area contributed by atoms with Crippen molar-refractivity contribution in [2.45, 2.75) is 18.1 Å². The number of thioether (sulfide) groups is 1. The lowest BCUT2D eigenvalue weighted by Crippen LogP contribution is -2.14. The molecule has 0 aromatic carbocycles. The fourth-order valence-electron chi connectivity index (χ4n) is 1.51. The Morgan fingerprint density at radius 2 is 2.33 bits per heavy atom. The highest BCUT2D eigenvalue weighted by Gasteiger charge is 2.15. The fraction of sp³-hybridized carbons (Fsp3) is 0.556. The minimum absolute atomic E-state index is 0.362. The molecule has 6 heteroatoms. The van der Waals surface area contributed by atoms with E-state index in [1.807, 2.05) is 11.8 Å². The minimum Gasteiger partial charge on any atom is -0.381 e. The van der Waals surface area contributed by atoms with Crippen LogP contribution in [0.15, 0.2) is 6.07 Å². The molecule has 15 heavy (non-hydrogen) atoms. The molecule has 1 atom stereocenters. The van der Waals surface area contributed by atoms with Crippen LogP contribution in [0.25, 0.3) is 0 Å². The third-order valence-corrected chi connectivity index (χ3v) is 4.13. The van der Waals surface area contributed by atoms with Gasteiger partial charge in [0.2, 0.25) is 0 Å². The minimum atomic E-state index is 0.362. The molecule has 1 fully saturated rings. The molecule has 0 aliphatic carbocycles. The zero-order valence-electron chi connectivity index (χ0n) is 8.04. The maximum absolute atomic E-state index is 5.88. The van der Waals surface area contributed by atoms with Crippen molar-refractivity contribution in [2.24, 2.45) is 0 Å². The number of nitrogens with one attached hydrogen (secondary N) is 1. The van der Waals surface area contributed by atoms with E-state index in [-0.39, 0.29) is 0 Å². The van der Waals surface area contributed by atoms with Crippen LogP contribution >= 0.6 is 35.0 Å². The second kappa shape index (κ2) is 5.23. The predicted molar refractivity (Wildman–Crippen MR) is 66.0 cm³/mol. The lowest BCUT2D eigenvalue weighted by atomic mass is 10.2. The predicted octanol–water partition coefficient (Wildman–Crippen LogP) is 3.09. The van der Waals surface area contributed by atoms with Crippen molar-refractivity contribution in [3.05, 3.63) is 16.4 Å². The van der Waals surface area contributed by atoms with E-state index in [4.69, 9.17) is 23.2 Å². The van der Waals surface area contributed by atoms with Gasteiger partial charge >= 0.3 is 0 Å². The van der Waals surface area contributed by atoms with Gasteiger partial charge in [0.15, 0.2) is 10.3 Å². The highest BCUT2D eigenvalue weighted by Crippen LogP contribution is 2.27. The first-order valence-corrected chi connectivity index (χ1v) is 6.60. The van der Waals surface area contributed by atoms with Gasteiger partial charge in [-0.3, -0.25) is 0 Å². The van der Waals surface area contributed by atoms with Gasteiger partial charge in [-0.1, -0.05) is 23.2 Å². The van der Waals surface area contributed by atoms with Gasteiger partial charge in [-0.25, -0.2) is 0 Å². The fourth-order valence-corrected chi connectivity index (χ4v) is 3.01. The molecule has 0 spiro atoms. The highest BCUT2D eigenvalue weighted by atomic mass is 35.5. The van der Waals surface area contributed by atoms with Gasteiger partial charge in [0.05, 0.1) is 5.69 Å². The zero-order valence-corrected chi connectivity index (χ0v) is 10.4. The summed E-state index contributed by atoms with van der Waals surface area (Å²) >= 11 is 13.6. The van der Waals surface area contributed by atoms with Crippen molar-refractivity contribution in [3.63, 3.8) is 0 Å². The lowest BCUT2D eigenvalue weighted by Gasteiger charge is -2.11. The smallest absolute Gasteiger partial charge is 0.174 e. The summed E-state index contributed by atoms with van der Waals surface area (Å²) in [7, 11) is 0. The Morgan fingerprint density at radius 3 is 3.07 bits per heavy atom. The molecular formula is C9H11Cl2N3S. The average Bonchev–Trinajstić information content (AvgIpc) is 2.72. The number of anilines is 1. The van der Waals surface area contributed by atoms with Crippen molar-refractivity contribution in [1.82, 2.24) is 10.2 Å². The summed E-state index contributed by atoms with van der Waals surface area (Å²) in [5.74, 6) is 1.26. The SMILES string of the molecule is Clc1cc(NCC2CCCS2)c(Cl)nn1. The molecule has 1 N–H and O–H groups in total. The monoisotopic (exact) mass is 263 g/mol. The normalized spacial score (nSPS) is 20.5. The Balaban J connectivity index is 1.94. The van der Waals surface area contributed by atoms with Gasteiger partial charge in [-0.15, -0.1) is 10.2 Å². The second-order valence-electron chi connectivity index (χ2n) is 3.39. The van der Waals surface area contributed by atoms with E-state index in [0.717, 1.165) is 12.2 Å². The van der Waals surface area contributed by atoms with E-state index < -0.39 is 0 Å². The van der Waals surface area contributed by atoms with Crippen molar-refractivity contribution < 1.29 is 0 Å². The Kier molecular flexibility index (Phi) is 3.94. The van der Waals surface area contributed by atoms with Crippen LogP contribution in [0.2, 0.25) is 10.3 Å². The van der Waals surface area contributed by atoms with Gasteiger partial charge in [-0.2, -0.15) is 11.8 Å². The Labute approximate surface area is 103 Å². The molecule has 0 amide bonds. The highest BCUT2D eigenvalue weighted by molar-refractivity contribution is 8.00. The molecule has 1 aliphatic rings. The molecule has 3 nitrogen and oxygen atoms in total. The molecule has 1 aliphatic heterocycles. The standard InChI is InChI=1S/C9H11Cl2N3S/c10-8-4-7(9(11)14-13-8)12-5-6-2-1-3-15-6/h4,6H,1-3,5H2,(H,12,13). The maximum atomic E-state index is 5.88. The van der Waals surface area contributed by atoms with Crippen LogP contribution in [0.5, 0.6) is 0 Å². The summed E-state index contributed by atoms with van der Waals surface area (Å²) < 4.78 is 0. The zero-order chi connectivity index (χ0) is 10.7. The Hall–Kier alpha value is -0.190. The van der Waals surface area contributed by atoms with Crippen LogP contribution in [0, 0.1) is 0 Å². The van der Waals surface area contributed by atoms with E-state index >= 15 is 0 Å². The van der Waals surface area contributed by atoms with E-state index in [9.17, 15) is 0 Å². The molecule has 82 valence electrons. The van der Waals surface area contributed by atoms with Crippen molar-refractivity contribution in [1.29, 1.82) is 0 Å². The molecule has 1 aromatic heterocycles. The van der Waals surface area contributed by atoms with Crippen LogP contribution in [0.3, 0.4) is 0 Å². The Bertz CT molecular complexity index is 342. The number of hydrogen-bond acceptors (Lipinski definition) is 4. The molecule has 1 aromatic rings. The summed E-state index contributed by atoms with van der Waals surface area (Å²) in [6.07, 6.45) is 2.57. The van der Waals surface area contributed by atoms with Crippen LogP contribution < -0.4 is 5.32 Å². The number of nitrogens with zero attached hydrogens (tertiary/aromatic N) is 2. The van der Waals surface area contributed by atoms with Crippen molar-refractivity contribution in [3.8, 4) is 0 Å². The average molecular weight is 264 g/mol. The topological polar surface area (TPSA) is 37.8 Å². The van der Waals surface area contributed by atoms with Crippen molar-refractivity contribution >= 4 is 40.7 Å². The molecule has 1 unspecified atom stereocenters. The number of rotatable bonds is 3. The molecule has 1 saturated heterocycles. The number of hydrogen-bond donors (Lipinski definition) is 1. The van der Waals surface area contributed by atoms with Gasteiger partial charge in [0, 0.05) is 17.9 Å². The molecule has 0 bridgehead atoms. The van der Waals surface area contributed by atoms with Crippen molar-refractivity contribution in [2.75, 3.05) is 17.6 Å². The first-order chi connectivity index (χ1) is 7.25. The lowest BCUT2D eigenvalue weighted by molar-refractivity contribution is 0.804. The third kappa shape index (κ3) is 3.13. The van der Waals surface area contributed by atoms with Crippen LogP contribution in [0.4, 0.5) is 5.69 Å². The summed E-state index contributed by atoms with van der Waals surface area (Å²) in [6.45, 7) is 0.909. The summed E-state index contributed by atoms with van der Waals surface area (Å²) in [6, 6.07) is 1.70. The number of aromatic nitrogens is 2. The molecule has 0 saturated carbocycles. The molecule has 2 heterocycles. The van der Waals surface area contributed by atoms with Gasteiger partial charge in [-0.05, 0) is 18.6 Å². The number of halogens is 2. The summed E-state index contributed by atoms with van der Waals surface area (Å²) in [4.78, 5) is 0. The Morgan fingerprint density at radius 1 is 1.47 bits per heavy atom.